The van der Waals surface area contributed by atoms with Crippen molar-refractivity contribution in [3.63, 3.8) is 0 Å². The van der Waals surface area contributed by atoms with Gasteiger partial charge in [-0.1, -0.05) is 12.1 Å². The van der Waals surface area contributed by atoms with Gasteiger partial charge in [0, 0.05) is 68.5 Å². The molecule has 0 radical (unpaired) electrons. The second-order valence-corrected chi connectivity index (χ2v) is 10.2. The maximum absolute atomic E-state index is 13.9. The van der Waals surface area contributed by atoms with Crippen molar-refractivity contribution in [1.29, 1.82) is 0 Å². The zero-order chi connectivity index (χ0) is 30.4. The fourth-order valence-corrected chi connectivity index (χ4v) is 4.66. The normalized spacial score (nSPS) is 14.7. The Morgan fingerprint density at radius 1 is 1.17 bits per heavy atom. The summed E-state index contributed by atoms with van der Waals surface area (Å²) in [6.07, 6.45) is -1.43. The summed E-state index contributed by atoms with van der Waals surface area (Å²) in [5.41, 5.74) is 9.02. The van der Waals surface area contributed by atoms with Gasteiger partial charge < -0.3 is 21.1 Å². The summed E-state index contributed by atoms with van der Waals surface area (Å²) in [6.45, 7) is 7.97. The molecule has 0 bridgehead atoms. The zero-order valence-corrected chi connectivity index (χ0v) is 24.0. The number of aromatic nitrogens is 2. The highest BCUT2D eigenvalue weighted by Crippen LogP contribution is 2.34. The van der Waals surface area contributed by atoms with Crippen LogP contribution in [0.5, 0.6) is 0 Å². The molecule has 13 heteroatoms. The highest BCUT2D eigenvalue weighted by atomic mass is 19.4. The van der Waals surface area contributed by atoms with E-state index in [2.05, 4.69) is 20.6 Å². The summed E-state index contributed by atoms with van der Waals surface area (Å²) in [6, 6.07) is 8.66. The molecule has 0 unspecified atom stereocenters. The largest absolute Gasteiger partial charge is 0.416 e. The molecule has 1 fully saturated rings. The van der Waals surface area contributed by atoms with E-state index in [1.807, 2.05) is 13.8 Å². The second kappa shape index (κ2) is 13.4. The van der Waals surface area contributed by atoms with Crippen molar-refractivity contribution in [2.45, 2.75) is 26.6 Å². The molecular weight excluding hydrogens is 549 g/mol. The third-order valence-electron chi connectivity index (χ3n) is 7.27. The summed E-state index contributed by atoms with van der Waals surface area (Å²) in [5, 5.41) is 11.2. The zero-order valence-electron chi connectivity index (χ0n) is 24.0. The van der Waals surface area contributed by atoms with Gasteiger partial charge in [0.2, 0.25) is 0 Å². The lowest BCUT2D eigenvalue weighted by molar-refractivity contribution is -0.138. The van der Waals surface area contributed by atoms with Gasteiger partial charge in [-0.25, -0.2) is 5.84 Å². The lowest BCUT2D eigenvalue weighted by atomic mass is 10.0. The number of amides is 1. The maximum atomic E-state index is 13.9. The first kappa shape index (κ1) is 31.0. The fraction of sp³-hybridized carbons (Fsp3) is 0.379. The van der Waals surface area contributed by atoms with Crippen LogP contribution in [0, 0.1) is 13.8 Å². The van der Waals surface area contributed by atoms with E-state index in [9.17, 15) is 18.0 Å². The van der Waals surface area contributed by atoms with E-state index in [0.717, 1.165) is 42.5 Å². The number of aryl methyl sites for hydroxylation is 2. The Bertz CT molecular complexity index is 1430. The Kier molecular flexibility index (Phi) is 9.89. The van der Waals surface area contributed by atoms with E-state index in [0.29, 0.717) is 31.1 Å². The van der Waals surface area contributed by atoms with E-state index in [1.54, 1.807) is 36.1 Å². The van der Waals surface area contributed by atoms with Gasteiger partial charge in [-0.2, -0.15) is 18.3 Å². The minimum Gasteiger partial charge on any atom is -0.397 e. The Hall–Kier alpha value is -3.91. The topological polar surface area (TPSA) is 127 Å². The molecule has 10 nitrogen and oxygen atoms in total. The summed E-state index contributed by atoms with van der Waals surface area (Å²) in [4.78, 5) is 15.3. The third kappa shape index (κ3) is 7.68. The first-order chi connectivity index (χ1) is 19.9. The van der Waals surface area contributed by atoms with Crippen LogP contribution in [0.4, 0.5) is 24.5 Å². The van der Waals surface area contributed by atoms with E-state index >= 15 is 0 Å². The average molecular weight is 587 g/mol. The number of halogens is 3. The molecule has 1 saturated heterocycles. The maximum Gasteiger partial charge on any atom is 0.416 e. The molecule has 42 heavy (non-hydrogen) atoms. The van der Waals surface area contributed by atoms with Crippen LogP contribution in [0.2, 0.25) is 0 Å². The number of ether oxygens (including phenoxy) is 1. The highest BCUT2D eigenvalue weighted by Gasteiger charge is 2.33. The average Bonchev–Trinajstić information content (AvgIpc) is 3.29. The van der Waals surface area contributed by atoms with Crippen LogP contribution < -0.4 is 27.2 Å². The first-order valence-electron chi connectivity index (χ1n) is 13.6. The predicted octanol–water partition coefficient (Wildman–Crippen LogP) is 3.37. The quantitative estimate of drug-likeness (QED) is 0.162. The number of hydrogen-bond donors (Lipinski definition) is 4. The van der Waals surface area contributed by atoms with Crippen LogP contribution in [0.15, 0.2) is 48.8 Å². The predicted molar refractivity (Wildman–Crippen MR) is 156 cm³/mol. The number of carbonyl (C=O) groups is 1. The monoisotopic (exact) mass is 586 g/mol. The van der Waals surface area contributed by atoms with Crippen molar-refractivity contribution < 1.29 is 22.7 Å². The van der Waals surface area contributed by atoms with Gasteiger partial charge in [-0.15, -0.1) is 0 Å². The number of benzene rings is 2. The summed E-state index contributed by atoms with van der Waals surface area (Å²) >= 11 is 0. The van der Waals surface area contributed by atoms with E-state index in [1.165, 1.54) is 23.3 Å². The van der Waals surface area contributed by atoms with Crippen molar-refractivity contribution in [3.05, 3.63) is 82.3 Å². The number of morpholine rings is 1. The molecule has 6 N–H and O–H groups in total. The number of hydrazine groups is 1. The van der Waals surface area contributed by atoms with Gasteiger partial charge in [-0.3, -0.25) is 19.4 Å². The molecule has 0 spiro atoms. The molecule has 1 aromatic heterocycles. The van der Waals surface area contributed by atoms with Gasteiger partial charge in [-0.05, 0) is 49.2 Å². The van der Waals surface area contributed by atoms with E-state index in [4.69, 9.17) is 16.3 Å². The van der Waals surface area contributed by atoms with Crippen molar-refractivity contribution in [2.24, 2.45) is 18.6 Å². The Labute approximate surface area is 243 Å². The van der Waals surface area contributed by atoms with Crippen molar-refractivity contribution in [1.82, 2.24) is 20.0 Å². The number of alkyl halides is 3. The third-order valence-corrected chi connectivity index (χ3v) is 7.27. The minimum absolute atomic E-state index is 0.0346. The molecule has 1 aliphatic rings. The molecule has 0 saturated carbocycles. The number of nitrogens with two attached hydrogens (primary N) is 2. The highest BCUT2D eigenvalue weighted by molar-refractivity contribution is 6.05. The molecule has 0 aliphatic carbocycles. The van der Waals surface area contributed by atoms with Crippen LogP contribution in [-0.2, 0) is 24.5 Å². The summed E-state index contributed by atoms with van der Waals surface area (Å²) in [5.74, 6) is 5.69. The molecule has 2 heterocycles. The number of nitrogens with one attached hydrogen (secondary N) is 2. The number of rotatable bonds is 10. The number of hydrogen-bond acceptors (Lipinski definition) is 8. The summed E-state index contributed by atoms with van der Waals surface area (Å²) < 4.78 is 48.8. The number of anilines is 2. The molecule has 226 valence electrons. The van der Waals surface area contributed by atoms with Crippen molar-refractivity contribution in [2.75, 3.05) is 49.7 Å². The number of carbonyl (C=O) groups excluding carboxylic acids is 1. The van der Waals surface area contributed by atoms with Crippen LogP contribution in [0.3, 0.4) is 0 Å². The molecule has 4 rings (SSSR count). The SMILES string of the molecule is Cc1ccc(C(=O)Nc2ccc(CNCCN3CCOCC3)c(C(F)(F)F)c2)cc1N(N)/C=C(\N)c1cnn(C)c1C. The van der Waals surface area contributed by atoms with Gasteiger partial charge in [0.15, 0.2) is 0 Å². The molecule has 3 aromatic rings. The number of nitrogens with zero attached hydrogens (tertiary/aromatic N) is 4. The standard InChI is InChI=1S/C29H37F3N8O2/c1-19-4-5-21(14-27(19)40(34)18-26(33)24-17-36-38(3)20(24)2)28(41)37-23-7-6-22(25(15-23)29(30,31)32)16-35-8-9-39-10-12-42-13-11-39/h4-7,14-15,17-18,35H,8-13,16,33-34H2,1-3H3,(H,37,41)/b26-18-. The van der Waals surface area contributed by atoms with Crippen molar-refractivity contribution in [3.8, 4) is 0 Å². The van der Waals surface area contributed by atoms with Crippen LogP contribution >= 0.6 is 0 Å². The minimum atomic E-state index is -4.59. The van der Waals surface area contributed by atoms with Gasteiger partial charge in [0.05, 0.1) is 36.4 Å². The molecule has 1 aliphatic heterocycles. The second-order valence-electron chi connectivity index (χ2n) is 10.2. The molecule has 1 amide bonds. The Morgan fingerprint density at radius 3 is 2.57 bits per heavy atom. The lowest BCUT2D eigenvalue weighted by Crippen LogP contribution is -2.40. The van der Waals surface area contributed by atoms with E-state index < -0.39 is 17.6 Å². The van der Waals surface area contributed by atoms with E-state index in [-0.39, 0.29) is 23.4 Å². The fourth-order valence-electron chi connectivity index (χ4n) is 4.66. The first-order valence-corrected chi connectivity index (χ1v) is 13.6. The van der Waals surface area contributed by atoms with Gasteiger partial charge in [0.1, 0.15) is 0 Å². The Morgan fingerprint density at radius 2 is 1.90 bits per heavy atom. The van der Waals surface area contributed by atoms with Crippen LogP contribution in [0.25, 0.3) is 5.70 Å². The molecular formula is C29H37F3N8O2. The lowest BCUT2D eigenvalue weighted by Gasteiger charge is -2.26. The van der Waals surface area contributed by atoms with Crippen LogP contribution in [0.1, 0.15) is 38.3 Å². The van der Waals surface area contributed by atoms with Gasteiger partial charge in [0.25, 0.3) is 5.91 Å². The smallest absolute Gasteiger partial charge is 0.397 e. The summed E-state index contributed by atoms with van der Waals surface area (Å²) in [7, 11) is 1.80. The Balaban J connectivity index is 1.45. The van der Waals surface area contributed by atoms with Gasteiger partial charge >= 0.3 is 6.18 Å². The van der Waals surface area contributed by atoms with Crippen LogP contribution in [-0.4, -0.2) is 60.0 Å². The van der Waals surface area contributed by atoms with Crippen molar-refractivity contribution >= 4 is 23.0 Å². The molecule has 2 aromatic carbocycles. The molecule has 0 atom stereocenters.